The minimum absolute atomic E-state index is 0.0698. The first-order valence-corrected chi connectivity index (χ1v) is 33.5. The van der Waals surface area contributed by atoms with Crippen molar-refractivity contribution in [3.05, 3.63) is 0 Å². The molecule has 0 aromatic carbocycles. The zero-order chi connectivity index (χ0) is 66.5. The SMILES string of the molecule is CCCCOCCOCCOCCOCCOCC(C)OCC(C)OCC(C)OCC(C)OCC(C)OCC(C)OCC(C)OCC(C)OCC(C)OCC(C)OCC(C)OCC(C)OCC(C)OCC(C)OCC(C)OCC(C)OCC(C)OCC(C)O. The van der Waals surface area contributed by atoms with Crippen LogP contribution in [0.1, 0.15) is 144 Å². The van der Waals surface area contributed by atoms with Crippen LogP contribution in [0.15, 0.2) is 0 Å². The van der Waals surface area contributed by atoms with Gasteiger partial charge in [0, 0.05) is 6.61 Å². The van der Waals surface area contributed by atoms with Crippen molar-refractivity contribution in [2.24, 2.45) is 0 Å². The molecule has 0 amide bonds. The van der Waals surface area contributed by atoms with Gasteiger partial charge in [0.1, 0.15) is 0 Å². The van der Waals surface area contributed by atoms with Crippen LogP contribution in [0.5, 0.6) is 0 Å². The molecule has 536 valence electrons. The number of hydrogen-bond donors (Lipinski definition) is 1. The van der Waals surface area contributed by atoms with Gasteiger partial charge in [-0.15, -0.1) is 0 Å². The summed E-state index contributed by atoms with van der Waals surface area (Å²) in [4.78, 5) is 0. The lowest BCUT2D eigenvalue weighted by Crippen LogP contribution is -2.31. The molecule has 0 aromatic rings. The molecule has 0 aliphatic carbocycles. The third-order valence-electron chi connectivity index (χ3n) is 13.0. The van der Waals surface area contributed by atoms with Crippen LogP contribution in [0.3, 0.4) is 0 Å². The highest BCUT2D eigenvalue weighted by Gasteiger charge is 2.19. The van der Waals surface area contributed by atoms with E-state index in [0.717, 1.165) is 19.4 Å². The quantitative estimate of drug-likeness (QED) is 0.0567. The number of aliphatic hydroxyl groups is 1. The highest BCUT2D eigenvalue weighted by Crippen LogP contribution is 2.10. The molecule has 0 aromatic heterocycles. The van der Waals surface area contributed by atoms with E-state index >= 15 is 0 Å². The second-order valence-corrected chi connectivity index (χ2v) is 24.2. The average molecular weight is 1300 g/mol. The summed E-state index contributed by atoms with van der Waals surface area (Å²) in [5.41, 5.74) is 0. The lowest BCUT2D eigenvalue weighted by atomic mass is 10.3. The Morgan fingerprint density at radius 3 is 0.472 bits per heavy atom. The summed E-state index contributed by atoms with van der Waals surface area (Å²) in [6.07, 6.45) is -0.0936. The van der Waals surface area contributed by atoms with Crippen molar-refractivity contribution in [1.29, 1.82) is 0 Å². The molecule has 18 atom stereocenters. The fourth-order valence-corrected chi connectivity index (χ4v) is 7.29. The molecule has 89 heavy (non-hydrogen) atoms. The van der Waals surface area contributed by atoms with E-state index in [1.807, 2.05) is 118 Å². The Bertz CT molecular complexity index is 1480. The minimum atomic E-state index is -0.498. The Morgan fingerprint density at radius 2 is 0.315 bits per heavy atom. The topological polar surface area (TPSA) is 223 Å². The van der Waals surface area contributed by atoms with Crippen LogP contribution in [-0.4, -0.2) is 293 Å². The van der Waals surface area contributed by atoms with Crippen molar-refractivity contribution >= 4 is 0 Å². The normalized spacial score (nSPS) is 18.5. The molecule has 0 spiro atoms. The van der Waals surface area contributed by atoms with E-state index in [2.05, 4.69) is 6.92 Å². The maximum atomic E-state index is 9.37. The molecule has 0 fully saturated rings. The highest BCUT2D eigenvalue weighted by molar-refractivity contribution is 4.64. The van der Waals surface area contributed by atoms with Crippen molar-refractivity contribution in [3.8, 4) is 0 Å². The van der Waals surface area contributed by atoms with E-state index in [9.17, 15) is 5.11 Å². The van der Waals surface area contributed by atoms with Crippen molar-refractivity contribution in [3.63, 3.8) is 0 Å². The van der Waals surface area contributed by atoms with Crippen LogP contribution >= 0.6 is 0 Å². The van der Waals surface area contributed by atoms with Crippen LogP contribution in [-0.2, 0) is 104 Å². The summed E-state index contributed by atoms with van der Waals surface area (Å²) in [5, 5.41) is 9.37. The van der Waals surface area contributed by atoms with Crippen molar-refractivity contribution < 1.29 is 109 Å². The summed E-state index contributed by atoms with van der Waals surface area (Å²) < 4.78 is 129. The molecule has 0 saturated heterocycles. The van der Waals surface area contributed by atoms with Crippen LogP contribution in [0.4, 0.5) is 0 Å². The van der Waals surface area contributed by atoms with Gasteiger partial charge in [0.2, 0.25) is 0 Å². The summed E-state index contributed by atoms with van der Waals surface area (Å²) >= 11 is 0. The second kappa shape index (κ2) is 59.6. The van der Waals surface area contributed by atoms with Gasteiger partial charge in [-0.05, 0) is 131 Å². The molecule has 0 saturated carbocycles. The van der Waals surface area contributed by atoms with E-state index in [0.29, 0.717) is 165 Å². The molecular formula is C66H134O23. The molecular weight excluding hydrogens is 1160 g/mol. The molecule has 18 unspecified atom stereocenters. The van der Waals surface area contributed by atoms with Crippen molar-refractivity contribution in [1.82, 2.24) is 0 Å². The van der Waals surface area contributed by atoms with Gasteiger partial charge in [0.15, 0.2) is 0 Å². The maximum Gasteiger partial charge on any atom is 0.0781 e. The van der Waals surface area contributed by atoms with E-state index < -0.39 is 6.10 Å². The second-order valence-electron chi connectivity index (χ2n) is 24.2. The van der Waals surface area contributed by atoms with E-state index in [1.54, 1.807) is 6.92 Å². The monoisotopic (exact) mass is 1290 g/mol. The number of aliphatic hydroxyl groups excluding tert-OH is 1. The Balaban J connectivity index is 3.95. The third kappa shape index (κ3) is 60.5. The first-order valence-electron chi connectivity index (χ1n) is 33.5. The van der Waals surface area contributed by atoms with Gasteiger partial charge in [-0.25, -0.2) is 0 Å². The first-order chi connectivity index (χ1) is 42.5. The minimum Gasteiger partial charge on any atom is -0.391 e. The van der Waals surface area contributed by atoms with Gasteiger partial charge in [-0.3, -0.25) is 0 Å². The van der Waals surface area contributed by atoms with Crippen LogP contribution in [0.2, 0.25) is 0 Å². The van der Waals surface area contributed by atoms with Crippen LogP contribution in [0, 0.1) is 0 Å². The third-order valence-corrected chi connectivity index (χ3v) is 13.0. The van der Waals surface area contributed by atoms with Gasteiger partial charge in [-0.2, -0.15) is 0 Å². The number of unbranched alkanes of at least 4 members (excludes halogenated alkanes) is 1. The van der Waals surface area contributed by atoms with Crippen LogP contribution in [0.25, 0.3) is 0 Å². The van der Waals surface area contributed by atoms with Gasteiger partial charge < -0.3 is 109 Å². The number of hydrogen-bond acceptors (Lipinski definition) is 23. The zero-order valence-electron chi connectivity index (χ0n) is 59.3. The lowest BCUT2D eigenvalue weighted by Gasteiger charge is -2.24. The predicted molar refractivity (Wildman–Crippen MR) is 343 cm³/mol. The molecule has 0 rings (SSSR count). The number of ether oxygens (including phenoxy) is 22. The molecule has 0 aliphatic rings. The highest BCUT2D eigenvalue weighted by atomic mass is 16.6. The fraction of sp³-hybridized carbons (Fsp3) is 1.00. The molecule has 0 heterocycles. The first kappa shape index (κ1) is 88.1. The van der Waals surface area contributed by atoms with Crippen molar-refractivity contribution in [2.75, 3.05) is 178 Å². The predicted octanol–water partition coefficient (Wildman–Crippen LogP) is 8.14. The Labute approximate surface area is 540 Å². The zero-order valence-corrected chi connectivity index (χ0v) is 59.3. The molecule has 23 nitrogen and oxygen atoms in total. The van der Waals surface area contributed by atoms with E-state index in [4.69, 9.17) is 104 Å². The largest absolute Gasteiger partial charge is 0.391 e. The summed E-state index contributed by atoms with van der Waals surface area (Å²) in [5.74, 6) is 0. The molecule has 23 heteroatoms. The van der Waals surface area contributed by atoms with E-state index in [-0.39, 0.29) is 110 Å². The Hall–Kier alpha value is -0.920. The van der Waals surface area contributed by atoms with Crippen LogP contribution < -0.4 is 0 Å². The van der Waals surface area contributed by atoms with Gasteiger partial charge in [-0.1, -0.05) is 13.3 Å². The van der Waals surface area contributed by atoms with Crippen molar-refractivity contribution in [2.45, 2.75) is 254 Å². The molecule has 0 radical (unpaired) electrons. The molecule has 0 bridgehead atoms. The smallest absolute Gasteiger partial charge is 0.0781 e. The molecule has 1 N–H and O–H groups in total. The number of rotatable bonds is 68. The van der Waals surface area contributed by atoms with E-state index in [1.165, 1.54) is 0 Å². The summed E-state index contributed by atoms with van der Waals surface area (Å²) in [7, 11) is 0. The summed E-state index contributed by atoms with van der Waals surface area (Å²) in [6.45, 7) is 50.3. The van der Waals surface area contributed by atoms with Gasteiger partial charge in [0.05, 0.1) is 282 Å². The fourth-order valence-electron chi connectivity index (χ4n) is 7.29. The Kier molecular flexibility index (Phi) is 58.9. The van der Waals surface area contributed by atoms with Gasteiger partial charge in [0.25, 0.3) is 0 Å². The maximum absolute atomic E-state index is 9.37. The Morgan fingerprint density at radius 1 is 0.180 bits per heavy atom. The average Bonchev–Trinajstić information content (AvgIpc) is 3.52. The summed E-state index contributed by atoms with van der Waals surface area (Å²) in [6, 6.07) is 0. The standard InChI is InChI=1S/C66H134O23/c1-20-21-22-68-23-24-69-25-26-70-27-28-71-29-30-72-32-50(3)74-34-52(5)76-36-54(7)78-38-56(9)80-40-58(11)82-42-60(13)84-44-62(15)86-46-64(17)88-48-66(19)89-47-65(18)87-45-63(16)85-43-61(14)83-41-59(12)81-39-57(10)79-37-55(8)77-35-53(6)75-33-51(4)73-31-49(2)67/h49-67H,20-48H2,1-19H3. The lowest BCUT2D eigenvalue weighted by molar-refractivity contribution is -0.116. The van der Waals surface area contributed by atoms with Gasteiger partial charge >= 0.3 is 0 Å². The molecule has 0 aliphatic heterocycles.